The number of anilines is 2. The fourth-order valence-electron chi connectivity index (χ4n) is 3.85. The van der Waals surface area contributed by atoms with E-state index in [4.69, 9.17) is 0 Å². The fourth-order valence-corrected chi connectivity index (χ4v) is 3.85. The predicted octanol–water partition coefficient (Wildman–Crippen LogP) is 4.41. The maximum Gasteiger partial charge on any atom is 0.430 e. The van der Waals surface area contributed by atoms with Gasteiger partial charge in [0.25, 0.3) is 5.60 Å². The molecule has 0 saturated carbocycles. The summed E-state index contributed by atoms with van der Waals surface area (Å²) in [6, 6.07) is 7.65. The number of fused-ring (bicyclic) bond motifs is 1. The largest absolute Gasteiger partial charge is 0.430 e. The molecule has 0 unspecified atom stereocenters. The van der Waals surface area contributed by atoms with Crippen LogP contribution in [0.25, 0.3) is 10.9 Å². The number of piperazine rings is 1. The van der Waals surface area contributed by atoms with Crippen molar-refractivity contribution >= 4 is 22.4 Å². The van der Waals surface area contributed by atoms with Gasteiger partial charge in [-0.05, 0) is 30.3 Å². The van der Waals surface area contributed by atoms with Crippen molar-refractivity contribution in [1.29, 1.82) is 0 Å². The van der Waals surface area contributed by atoms with Crippen LogP contribution < -0.4 is 9.80 Å². The molecular formula is C21H17F7N4O. The van der Waals surface area contributed by atoms with Crippen LogP contribution in [0.4, 0.5) is 42.2 Å². The van der Waals surface area contributed by atoms with Crippen LogP contribution in [-0.4, -0.2) is 53.6 Å². The highest BCUT2D eigenvalue weighted by molar-refractivity contribution is 5.89. The Morgan fingerprint density at radius 1 is 0.758 bits per heavy atom. The first-order chi connectivity index (χ1) is 15.4. The Morgan fingerprint density at radius 2 is 1.33 bits per heavy atom. The Balaban J connectivity index is 1.52. The third kappa shape index (κ3) is 4.03. The summed E-state index contributed by atoms with van der Waals surface area (Å²) in [6.45, 7) is 1.64. The molecule has 0 bridgehead atoms. The number of hydrogen-bond donors (Lipinski definition) is 1. The first-order valence-electron chi connectivity index (χ1n) is 9.78. The van der Waals surface area contributed by atoms with Crippen LogP contribution in [0.5, 0.6) is 0 Å². The molecule has 1 aliphatic rings. The number of alkyl halides is 6. The van der Waals surface area contributed by atoms with Gasteiger partial charge in [0.2, 0.25) is 0 Å². The second kappa shape index (κ2) is 8.01. The summed E-state index contributed by atoms with van der Waals surface area (Å²) < 4.78 is 92.1. The number of benzene rings is 2. The second-order valence-electron chi connectivity index (χ2n) is 7.59. The summed E-state index contributed by atoms with van der Waals surface area (Å²) in [7, 11) is 0. The average molecular weight is 474 g/mol. The van der Waals surface area contributed by atoms with Gasteiger partial charge in [-0.2, -0.15) is 26.3 Å². The lowest BCUT2D eigenvalue weighted by Crippen LogP contribution is -2.53. The van der Waals surface area contributed by atoms with Gasteiger partial charge in [-0.1, -0.05) is 12.1 Å². The number of rotatable bonds is 3. The molecule has 3 aromatic rings. The highest BCUT2D eigenvalue weighted by atomic mass is 19.4. The van der Waals surface area contributed by atoms with Crippen LogP contribution in [0.2, 0.25) is 0 Å². The fraction of sp³-hybridized carbons (Fsp3) is 0.333. The van der Waals surface area contributed by atoms with Gasteiger partial charge in [-0.25, -0.2) is 14.4 Å². The minimum absolute atomic E-state index is 0.392. The van der Waals surface area contributed by atoms with E-state index in [1.807, 2.05) is 4.90 Å². The van der Waals surface area contributed by atoms with Crippen molar-refractivity contribution in [1.82, 2.24) is 9.97 Å². The molecule has 1 fully saturated rings. The van der Waals surface area contributed by atoms with Crippen LogP contribution in [-0.2, 0) is 5.60 Å². The van der Waals surface area contributed by atoms with Gasteiger partial charge in [0.05, 0.1) is 5.52 Å². The van der Waals surface area contributed by atoms with Gasteiger partial charge in [-0.3, -0.25) is 0 Å². The zero-order valence-corrected chi connectivity index (χ0v) is 16.8. The molecule has 176 valence electrons. The lowest BCUT2D eigenvalue weighted by Gasteiger charge is -2.37. The molecule has 4 rings (SSSR count). The number of hydrogen-bond acceptors (Lipinski definition) is 5. The Labute approximate surface area is 183 Å². The second-order valence-corrected chi connectivity index (χ2v) is 7.59. The first-order valence-corrected chi connectivity index (χ1v) is 9.78. The monoisotopic (exact) mass is 474 g/mol. The molecule has 0 aliphatic carbocycles. The Morgan fingerprint density at radius 3 is 1.91 bits per heavy atom. The molecule has 0 spiro atoms. The van der Waals surface area contributed by atoms with Gasteiger partial charge in [0.15, 0.2) is 0 Å². The van der Waals surface area contributed by atoms with Crippen LogP contribution in [0.15, 0.2) is 48.8 Å². The highest BCUT2D eigenvalue weighted by Gasteiger charge is 2.71. The summed E-state index contributed by atoms with van der Waals surface area (Å²) in [4.78, 5) is 12.0. The zero-order chi connectivity index (χ0) is 24.0. The zero-order valence-electron chi connectivity index (χ0n) is 16.8. The van der Waals surface area contributed by atoms with E-state index in [1.54, 1.807) is 4.90 Å². The number of halogens is 7. The smallest absolute Gasteiger partial charge is 0.369 e. The molecule has 12 heteroatoms. The Kier molecular flexibility index (Phi) is 5.59. The maximum absolute atomic E-state index is 13.7. The lowest BCUT2D eigenvalue weighted by atomic mass is 9.92. The van der Waals surface area contributed by atoms with Crippen LogP contribution >= 0.6 is 0 Å². The predicted molar refractivity (Wildman–Crippen MR) is 106 cm³/mol. The summed E-state index contributed by atoms with van der Waals surface area (Å²) in [6.07, 6.45) is -10.5. The van der Waals surface area contributed by atoms with Crippen molar-refractivity contribution in [2.75, 3.05) is 36.0 Å². The van der Waals surface area contributed by atoms with Gasteiger partial charge in [-0.15, -0.1) is 0 Å². The minimum atomic E-state index is -5.93. The molecule has 2 heterocycles. The van der Waals surface area contributed by atoms with E-state index in [9.17, 15) is 35.8 Å². The van der Waals surface area contributed by atoms with Crippen molar-refractivity contribution < 1.29 is 35.8 Å². The molecule has 1 N–H and O–H groups in total. The third-order valence-corrected chi connectivity index (χ3v) is 5.63. The van der Waals surface area contributed by atoms with Gasteiger partial charge < -0.3 is 14.9 Å². The molecular weight excluding hydrogens is 457 g/mol. The highest BCUT2D eigenvalue weighted by Crippen LogP contribution is 2.50. The molecule has 1 aliphatic heterocycles. The van der Waals surface area contributed by atoms with Crippen LogP contribution in [0.3, 0.4) is 0 Å². The standard InChI is InChI=1S/C21H17F7N4O/c22-14-3-6-17-16(11-14)18(30-12-29-17)32-9-7-31(8-10-32)15-4-1-13(2-5-15)19(33,20(23,24)25)21(26,27)28/h1-6,11-12,33H,7-10H2. The molecule has 1 aromatic heterocycles. The van der Waals surface area contributed by atoms with E-state index >= 15 is 0 Å². The van der Waals surface area contributed by atoms with E-state index in [0.29, 0.717) is 60.7 Å². The van der Waals surface area contributed by atoms with E-state index in [2.05, 4.69) is 9.97 Å². The van der Waals surface area contributed by atoms with Gasteiger partial charge >= 0.3 is 12.4 Å². The van der Waals surface area contributed by atoms with Crippen molar-refractivity contribution in [3.05, 3.63) is 60.2 Å². The van der Waals surface area contributed by atoms with E-state index < -0.39 is 29.3 Å². The van der Waals surface area contributed by atoms with Crippen molar-refractivity contribution in [2.24, 2.45) is 0 Å². The number of aromatic nitrogens is 2. The molecule has 0 atom stereocenters. The van der Waals surface area contributed by atoms with Crippen molar-refractivity contribution in [2.45, 2.75) is 18.0 Å². The SMILES string of the molecule is OC(c1ccc(N2CCN(c3ncnc4ccc(F)cc34)CC2)cc1)(C(F)(F)F)C(F)(F)F. The van der Waals surface area contributed by atoms with Crippen molar-refractivity contribution in [3.63, 3.8) is 0 Å². The van der Waals surface area contributed by atoms with Crippen molar-refractivity contribution in [3.8, 4) is 0 Å². The summed E-state index contributed by atoms with van der Waals surface area (Å²) in [5, 5.41) is 10.1. The minimum Gasteiger partial charge on any atom is -0.369 e. The van der Waals surface area contributed by atoms with E-state index in [0.717, 1.165) is 12.1 Å². The molecule has 1 saturated heterocycles. The molecule has 0 amide bonds. The summed E-state index contributed by atoms with van der Waals surface area (Å²) in [5.74, 6) is 0.102. The van der Waals surface area contributed by atoms with Crippen LogP contribution in [0.1, 0.15) is 5.56 Å². The quantitative estimate of drug-likeness (QED) is 0.571. The molecule has 2 aromatic carbocycles. The van der Waals surface area contributed by atoms with E-state index in [1.165, 1.54) is 24.5 Å². The molecule has 5 nitrogen and oxygen atoms in total. The molecule has 33 heavy (non-hydrogen) atoms. The van der Waals surface area contributed by atoms with Gasteiger partial charge in [0.1, 0.15) is 18.0 Å². The normalized spacial score (nSPS) is 15.9. The Hall–Kier alpha value is -3.15. The number of aliphatic hydroxyl groups is 1. The topological polar surface area (TPSA) is 52.5 Å². The number of nitrogens with zero attached hydrogens (tertiary/aromatic N) is 4. The van der Waals surface area contributed by atoms with Crippen LogP contribution in [0, 0.1) is 5.82 Å². The first kappa shape index (κ1) is 23.0. The third-order valence-electron chi connectivity index (χ3n) is 5.63. The average Bonchev–Trinajstić information content (AvgIpc) is 2.77. The lowest BCUT2D eigenvalue weighted by molar-refractivity contribution is -0.376. The van der Waals surface area contributed by atoms with Gasteiger partial charge in [0, 0.05) is 42.8 Å². The van der Waals surface area contributed by atoms with E-state index in [-0.39, 0.29) is 0 Å². The summed E-state index contributed by atoms with van der Waals surface area (Å²) >= 11 is 0. The summed E-state index contributed by atoms with van der Waals surface area (Å²) in [5.41, 5.74) is -5.29. The molecule has 0 radical (unpaired) electrons. The Bertz CT molecular complexity index is 1130. The maximum atomic E-state index is 13.7.